The Hall–Kier alpha value is -0.660. The summed E-state index contributed by atoms with van der Waals surface area (Å²) in [5, 5.41) is 0.581. The SMILES string of the molecule is CC(C)(C)C(=CCl)Oc1ccccc1Cl. The summed E-state index contributed by atoms with van der Waals surface area (Å²) in [6, 6.07) is 7.33. The predicted octanol–water partition coefficient (Wildman–Crippen LogP) is 4.85. The Morgan fingerprint density at radius 2 is 1.87 bits per heavy atom. The van der Waals surface area contributed by atoms with Crippen molar-refractivity contribution < 1.29 is 4.74 Å². The molecule has 82 valence electrons. The number of ether oxygens (including phenoxy) is 1. The Kier molecular flexibility index (Phi) is 4.06. The van der Waals surface area contributed by atoms with E-state index in [1.807, 2.05) is 39.0 Å². The van der Waals surface area contributed by atoms with Crippen molar-refractivity contribution in [2.75, 3.05) is 0 Å². The zero-order valence-electron chi connectivity index (χ0n) is 9.05. The summed E-state index contributed by atoms with van der Waals surface area (Å²) in [7, 11) is 0. The molecule has 0 spiro atoms. The molecule has 0 unspecified atom stereocenters. The van der Waals surface area contributed by atoms with E-state index in [-0.39, 0.29) is 5.41 Å². The van der Waals surface area contributed by atoms with Crippen molar-refractivity contribution in [3.8, 4) is 5.75 Å². The molecule has 1 aromatic carbocycles. The van der Waals surface area contributed by atoms with Crippen LogP contribution in [-0.2, 0) is 0 Å². The maximum absolute atomic E-state index is 5.98. The highest BCUT2D eigenvalue weighted by Gasteiger charge is 2.19. The van der Waals surface area contributed by atoms with Crippen LogP contribution in [0.25, 0.3) is 0 Å². The van der Waals surface area contributed by atoms with Gasteiger partial charge in [-0.1, -0.05) is 56.1 Å². The number of rotatable bonds is 2. The van der Waals surface area contributed by atoms with E-state index < -0.39 is 0 Å². The van der Waals surface area contributed by atoms with E-state index in [1.54, 1.807) is 6.07 Å². The minimum Gasteiger partial charge on any atom is -0.459 e. The molecule has 0 radical (unpaired) electrons. The first kappa shape index (κ1) is 12.4. The Morgan fingerprint density at radius 3 is 2.33 bits per heavy atom. The van der Waals surface area contributed by atoms with Crippen LogP contribution in [0.4, 0.5) is 0 Å². The number of allylic oxidation sites excluding steroid dienone is 1. The normalized spacial score (nSPS) is 12.7. The van der Waals surface area contributed by atoms with Gasteiger partial charge < -0.3 is 4.74 Å². The first-order chi connectivity index (χ1) is 6.95. The maximum atomic E-state index is 5.98. The molecule has 1 rings (SSSR count). The van der Waals surface area contributed by atoms with Crippen molar-refractivity contribution in [1.29, 1.82) is 0 Å². The van der Waals surface area contributed by atoms with Crippen molar-refractivity contribution in [2.24, 2.45) is 5.41 Å². The molecule has 0 aromatic heterocycles. The summed E-state index contributed by atoms with van der Waals surface area (Å²) in [5.41, 5.74) is 1.31. The lowest BCUT2D eigenvalue weighted by molar-refractivity contribution is 0.295. The summed E-state index contributed by atoms with van der Waals surface area (Å²) < 4.78 is 5.66. The average Bonchev–Trinajstić information content (AvgIpc) is 2.14. The van der Waals surface area contributed by atoms with Gasteiger partial charge in [0.2, 0.25) is 0 Å². The average molecular weight is 245 g/mol. The molecule has 0 atom stereocenters. The van der Waals surface area contributed by atoms with Crippen LogP contribution in [0.15, 0.2) is 35.6 Å². The van der Waals surface area contributed by atoms with E-state index in [9.17, 15) is 0 Å². The molecular formula is C12H14Cl2O. The lowest BCUT2D eigenvalue weighted by Gasteiger charge is -2.22. The maximum Gasteiger partial charge on any atom is 0.145 e. The fourth-order valence-corrected chi connectivity index (χ4v) is 1.53. The van der Waals surface area contributed by atoms with Crippen LogP contribution in [0.5, 0.6) is 5.75 Å². The number of benzene rings is 1. The van der Waals surface area contributed by atoms with Gasteiger partial charge in [-0.25, -0.2) is 0 Å². The molecular weight excluding hydrogens is 231 g/mol. The smallest absolute Gasteiger partial charge is 0.145 e. The van der Waals surface area contributed by atoms with E-state index in [0.29, 0.717) is 16.5 Å². The molecule has 0 aliphatic carbocycles. The monoisotopic (exact) mass is 244 g/mol. The van der Waals surface area contributed by atoms with Gasteiger partial charge in [-0.05, 0) is 12.1 Å². The van der Waals surface area contributed by atoms with E-state index in [4.69, 9.17) is 27.9 Å². The van der Waals surface area contributed by atoms with Crippen molar-refractivity contribution in [2.45, 2.75) is 20.8 Å². The number of halogens is 2. The van der Waals surface area contributed by atoms with Crippen LogP contribution >= 0.6 is 23.2 Å². The summed E-state index contributed by atoms with van der Waals surface area (Å²) in [6.45, 7) is 6.08. The van der Waals surface area contributed by atoms with Crippen LogP contribution in [-0.4, -0.2) is 0 Å². The third-order valence-electron chi connectivity index (χ3n) is 1.89. The Morgan fingerprint density at radius 1 is 1.27 bits per heavy atom. The van der Waals surface area contributed by atoms with E-state index in [2.05, 4.69) is 0 Å². The van der Waals surface area contributed by atoms with Gasteiger partial charge in [0.15, 0.2) is 0 Å². The van der Waals surface area contributed by atoms with Gasteiger partial charge >= 0.3 is 0 Å². The van der Waals surface area contributed by atoms with Gasteiger partial charge in [0.1, 0.15) is 11.5 Å². The Bertz CT molecular complexity index is 364. The second-order valence-electron chi connectivity index (χ2n) is 4.26. The van der Waals surface area contributed by atoms with Crippen molar-refractivity contribution in [1.82, 2.24) is 0 Å². The fourth-order valence-electron chi connectivity index (χ4n) is 0.985. The lowest BCUT2D eigenvalue weighted by Crippen LogP contribution is -2.14. The molecule has 0 heterocycles. The third kappa shape index (κ3) is 3.44. The first-order valence-electron chi connectivity index (χ1n) is 4.68. The summed E-state index contributed by atoms with van der Waals surface area (Å²) >= 11 is 11.7. The molecule has 0 N–H and O–H groups in total. The van der Waals surface area contributed by atoms with Gasteiger partial charge in [0.05, 0.1) is 5.02 Å². The van der Waals surface area contributed by atoms with Crippen molar-refractivity contribution >= 4 is 23.2 Å². The first-order valence-corrected chi connectivity index (χ1v) is 5.50. The number of hydrogen-bond donors (Lipinski definition) is 0. The number of para-hydroxylation sites is 1. The molecule has 0 saturated carbocycles. The standard InChI is InChI=1S/C12H14Cl2O/c1-12(2,3)11(8-13)15-10-7-5-4-6-9(10)14/h4-8H,1-3H3. The molecule has 3 heteroatoms. The van der Waals surface area contributed by atoms with Crippen LogP contribution in [0, 0.1) is 5.41 Å². The van der Waals surface area contributed by atoms with Gasteiger partial charge in [-0.3, -0.25) is 0 Å². The second kappa shape index (κ2) is 4.91. The Balaban J connectivity index is 2.91. The predicted molar refractivity (Wildman–Crippen MR) is 65.5 cm³/mol. The van der Waals surface area contributed by atoms with Gasteiger partial charge in [-0.15, -0.1) is 0 Å². The zero-order chi connectivity index (χ0) is 11.5. The summed E-state index contributed by atoms with van der Waals surface area (Å²) in [4.78, 5) is 0. The highest BCUT2D eigenvalue weighted by Crippen LogP contribution is 2.32. The molecule has 0 saturated heterocycles. The van der Waals surface area contributed by atoms with Gasteiger partial charge in [0.25, 0.3) is 0 Å². The van der Waals surface area contributed by atoms with E-state index in [1.165, 1.54) is 5.54 Å². The molecule has 15 heavy (non-hydrogen) atoms. The van der Waals surface area contributed by atoms with Crippen LogP contribution in [0.3, 0.4) is 0 Å². The van der Waals surface area contributed by atoms with Crippen LogP contribution < -0.4 is 4.74 Å². The second-order valence-corrected chi connectivity index (χ2v) is 4.88. The molecule has 1 aromatic rings. The fraction of sp³-hybridized carbons (Fsp3) is 0.333. The summed E-state index contributed by atoms with van der Waals surface area (Å²) in [6.07, 6.45) is 0. The highest BCUT2D eigenvalue weighted by atomic mass is 35.5. The quantitative estimate of drug-likeness (QED) is 0.677. The number of hydrogen-bond acceptors (Lipinski definition) is 1. The van der Waals surface area contributed by atoms with Crippen molar-refractivity contribution in [3.63, 3.8) is 0 Å². The van der Waals surface area contributed by atoms with Crippen molar-refractivity contribution in [3.05, 3.63) is 40.6 Å². The molecule has 0 aliphatic rings. The molecule has 0 amide bonds. The summed E-state index contributed by atoms with van der Waals surface area (Å²) in [5.74, 6) is 1.32. The lowest BCUT2D eigenvalue weighted by atomic mass is 9.95. The third-order valence-corrected chi connectivity index (χ3v) is 2.41. The topological polar surface area (TPSA) is 9.23 Å². The highest BCUT2D eigenvalue weighted by molar-refractivity contribution is 6.32. The molecule has 0 bridgehead atoms. The Labute approximate surface area is 101 Å². The minimum atomic E-state index is -0.138. The molecule has 1 nitrogen and oxygen atoms in total. The minimum absolute atomic E-state index is 0.138. The molecule has 0 fully saturated rings. The van der Waals surface area contributed by atoms with E-state index in [0.717, 1.165) is 0 Å². The zero-order valence-corrected chi connectivity index (χ0v) is 10.6. The van der Waals surface area contributed by atoms with E-state index >= 15 is 0 Å². The molecule has 0 aliphatic heterocycles. The van der Waals surface area contributed by atoms with Gasteiger partial charge in [0, 0.05) is 11.0 Å². The van der Waals surface area contributed by atoms with Crippen LogP contribution in [0.2, 0.25) is 5.02 Å². The van der Waals surface area contributed by atoms with Crippen LogP contribution in [0.1, 0.15) is 20.8 Å². The van der Waals surface area contributed by atoms with Gasteiger partial charge in [-0.2, -0.15) is 0 Å². The largest absolute Gasteiger partial charge is 0.459 e.